The van der Waals surface area contributed by atoms with Crippen LogP contribution in [-0.2, 0) is 11.3 Å². The molecule has 0 bridgehead atoms. The molecule has 1 fully saturated rings. The molecule has 1 atom stereocenters. The van der Waals surface area contributed by atoms with Gasteiger partial charge < -0.3 is 14.9 Å². The van der Waals surface area contributed by atoms with Gasteiger partial charge in [0.15, 0.2) is 0 Å². The molecule has 1 saturated heterocycles. The average Bonchev–Trinajstić information content (AvgIpc) is 2.90. The first-order valence-electron chi connectivity index (χ1n) is 6.18. The molecule has 2 rings (SSSR count). The number of nitrogens with zero attached hydrogens (tertiary/aromatic N) is 3. The van der Waals surface area contributed by atoms with E-state index in [2.05, 4.69) is 4.98 Å². The van der Waals surface area contributed by atoms with Crippen LogP contribution in [0.1, 0.15) is 18.5 Å². The van der Waals surface area contributed by atoms with E-state index < -0.39 is 11.9 Å². The van der Waals surface area contributed by atoms with Gasteiger partial charge in [-0.25, -0.2) is 9.78 Å². The van der Waals surface area contributed by atoms with E-state index in [9.17, 15) is 9.59 Å². The molecule has 104 valence electrons. The highest BCUT2D eigenvalue weighted by Crippen LogP contribution is 2.18. The highest BCUT2D eigenvalue weighted by molar-refractivity contribution is 7.07. The maximum atomic E-state index is 12.2. The van der Waals surface area contributed by atoms with Gasteiger partial charge >= 0.3 is 12.0 Å². The summed E-state index contributed by atoms with van der Waals surface area (Å²) in [5, 5.41) is 10.9. The Morgan fingerprint density at radius 1 is 1.63 bits per heavy atom. The lowest BCUT2D eigenvalue weighted by atomic mass is 9.99. The third-order valence-corrected chi connectivity index (χ3v) is 3.89. The summed E-state index contributed by atoms with van der Waals surface area (Å²) in [4.78, 5) is 30.6. The first-order valence-corrected chi connectivity index (χ1v) is 7.12. The molecule has 0 spiro atoms. The van der Waals surface area contributed by atoms with Crippen LogP contribution in [0.4, 0.5) is 4.79 Å². The molecule has 0 saturated carbocycles. The second kappa shape index (κ2) is 6.01. The number of urea groups is 1. The lowest BCUT2D eigenvalue weighted by Gasteiger charge is -2.33. The summed E-state index contributed by atoms with van der Waals surface area (Å²) in [6.45, 7) is 1.39. The van der Waals surface area contributed by atoms with E-state index in [1.807, 2.05) is 5.38 Å². The number of carbonyl (C=O) groups is 2. The summed E-state index contributed by atoms with van der Waals surface area (Å²) in [6, 6.07) is -0.126. The zero-order valence-corrected chi connectivity index (χ0v) is 11.6. The molecular weight excluding hydrogens is 266 g/mol. The van der Waals surface area contributed by atoms with Crippen molar-refractivity contribution in [2.45, 2.75) is 19.4 Å². The molecule has 0 unspecified atom stereocenters. The molecule has 1 aromatic rings. The van der Waals surface area contributed by atoms with E-state index in [0.29, 0.717) is 26.1 Å². The summed E-state index contributed by atoms with van der Waals surface area (Å²) in [7, 11) is 1.71. The van der Waals surface area contributed by atoms with E-state index >= 15 is 0 Å². The van der Waals surface area contributed by atoms with Gasteiger partial charge in [0.25, 0.3) is 0 Å². The van der Waals surface area contributed by atoms with Gasteiger partial charge in [0.1, 0.15) is 0 Å². The largest absolute Gasteiger partial charge is 0.481 e. The summed E-state index contributed by atoms with van der Waals surface area (Å²) in [5.41, 5.74) is 2.59. The Labute approximate surface area is 115 Å². The van der Waals surface area contributed by atoms with Gasteiger partial charge in [0.05, 0.1) is 23.7 Å². The first kappa shape index (κ1) is 13.8. The van der Waals surface area contributed by atoms with Crippen molar-refractivity contribution in [2.75, 3.05) is 20.1 Å². The number of aliphatic carboxylic acids is 1. The highest BCUT2D eigenvalue weighted by Gasteiger charge is 2.29. The second-order valence-electron chi connectivity index (χ2n) is 4.74. The molecule has 19 heavy (non-hydrogen) atoms. The standard InChI is InChI=1S/C12H17N3O3S/c1-14(6-10-7-19-8-13-10)12(18)15-4-2-3-9(5-15)11(16)17/h7-9H,2-6H2,1H3,(H,16,17)/t9-/m0/s1. The van der Waals surface area contributed by atoms with Crippen molar-refractivity contribution in [1.82, 2.24) is 14.8 Å². The minimum absolute atomic E-state index is 0.126. The summed E-state index contributed by atoms with van der Waals surface area (Å²) >= 11 is 1.49. The van der Waals surface area contributed by atoms with E-state index in [0.717, 1.165) is 12.1 Å². The molecule has 1 aliphatic heterocycles. The maximum absolute atomic E-state index is 12.2. The molecule has 6 nitrogen and oxygen atoms in total. The number of carboxylic acids is 1. The zero-order valence-electron chi connectivity index (χ0n) is 10.8. The molecule has 2 heterocycles. The van der Waals surface area contributed by atoms with Gasteiger partial charge in [-0.1, -0.05) is 0 Å². The van der Waals surface area contributed by atoms with Crippen LogP contribution >= 0.6 is 11.3 Å². The molecule has 1 aliphatic rings. The van der Waals surface area contributed by atoms with Gasteiger partial charge in [-0.05, 0) is 12.8 Å². The van der Waals surface area contributed by atoms with Crippen LogP contribution in [0.5, 0.6) is 0 Å². The maximum Gasteiger partial charge on any atom is 0.320 e. The van der Waals surface area contributed by atoms with Crippen LogP contribution in [0, 0.1) is 5.92 Å². The van der Waals surface area contributed by atoms with Crippen LogP contribution < -0.4 is 0 Å². The Hall–Kier alpha value is -1.63. The van der Waals surface area contributed by atoms with Crippen LogP contribution in [0.25, 0.3) is 0 Å². The smallest absolute Gasteiger partial charge is 0.320 e. The van der Waals surface area contributed by atoms with Gasteiger partial charge in [0.2, 0.25) is 0 Å². The highest BCUT2D eigenvalue weighted by atomic mass is 32.1. The first-order chi connectivity index (χ1) is 9.08. The van der Waals surface area contributed by atoms with Crippen molar-refractivity contribution in [1.29, 1.82) is 0 Å². The third kappa shape index (κ3) is 3.44. The fraction of sp³-hybridized carbons (Fsp3) is 0.583. The van der Waals surface area contributed by atoms with Crippen LogP contribution in [0.2, 0.25) is 0 Å². The Morgan fingerprint density at radius 2 is 2.42 bits per heavy atom. The second-order valence-corrected chi connectivity index (χ2v) is 5.46. The number of hydrogen-bond donors (Lipinski definition) is 1. The summed E-state index contributed by atoms with van der Waals surface area (Å²) < 4.78 is 0. The molecule has 1 N–H and O–H groups in total. The number of thiazole rings is 1. The number of carboxylic acid groups (broad SMARTS) is 1. The lowest BCUT2D eigenvalue weighted by Crippen LogP contribution is -2.47. The van der Waals surface area contributed by atoms with E-state index in [-0.39, 0.29) is 6.03 Å². The number of hydrogen-bond acceptors (Lipinski definition) is 4. The molecule has 2 amide bonds. The Morgan fingerprint density at radius 3 is 3.05 bits per heavy atom. The van der Waals surface area contributed by atoms with Gasteiger partial charge in [-0.3, -0.25) is 4.79 Å². The van der Waals surface area contributed by atoms with Crippen LogP contribution in [0.15, 0.2) is 10.9 Å². The fourth-order valence-corrected chi connectivity index (χ4v) is 2.77. The van der Waals surface area contributed by atoms with Gasteiger partial charge in [0, 0.05) is 25.5 Å². The Balaban J connectivity index is 1.93. The van der Waals surface area contributed by atoms with Crippen molar-refractivity contribution in [3.8, 4) is 0 Å². The van der Waals surface area contributed by atoms with E-state index in [4.69, 9.17) is 5.11 Å². The topological polar surface area (TPSA) is 73.7 Å². The number of aromatic nitrogens is 1. The van der Waals surface area contributed by atoms with Crippen molar-refractivity contribution >= 4 is 23.3 Å². The Kier molecular flexibility index (Phi) is 4.36. The average molecular weight is 283 g/mol. The lowest BCUT2D eigenvalue weighted by molar-refractivity contribution is -0.143. The van der Waals surface area contributed by atoms with E-state index in [1.165, 1.54) is 11.3 Å². The minimum atomic E-state index is -0.820. The van der Waals surface area contributed by atoms with Crippen LogP contribution in [0.3, 0.4) is 0 Å². The van der Waals surface area contributed by atoms with Gasteiger partial charge in [-0.2, -0.15) is 0 Å². The molecule has 0 aliphatic carbocycles. The molecule has 0 radical (unpaired) electrons. The summed E-state index contributed by atoms with van der Waals surface area (Å²) in [5.74, 6) is -1.26. The molecule has 1 aromatic heterocycles. The third-order valence-electron chi connectivity index (χ3n) is 3.25. The predicted octanol–water partition coefficient (Wildman–Crippen LogP) is 1.49. The monoisotopic (exact) mass is 283 g/mol. The fourth-order valence-electron chi connectivity index (χ4n) is 2.22. The Bertz CT molecular complexity index is 449. The number of piperidine rings is 1. The molecule has 7 heteroatoms. The number of amides is 2. The van der Waals surface area contributed by atoms with Crippen molar-refractivity contribution in [3.05, 3.63) is 16.6 Å². The SMILES string of the molecule is CN(Cc1cscn1)C(=O)N1CCC[C@H](C(=O)O)C1. The van der Waals surface area contributed by atoms with Crippen molar-refractivity contribution in [2.24, 2.45) is 5.92 Å². The predicted molar refractivity (Wildman–Crippen MR) is 70.9 cm³/mol. The van der Waals surface area contributed by atoms with Gasteiger partial charge in [-0.15, -0.1) is 11.3 Å². The number of rotatable bonds is 3. The number of carbonyl (C=O) groups excluding carboxylic acids is 1. The van der Waals surface area contributed by atoms with Crippen molar-refractivity contribution < 1.29 is 14.7 Å². The summed E-state index contributed by atoms with van der Waals surface area (Å²) in [6.07, 6.45) is 1.39. The van der Waals surface area contributed by atoms with Crippen molar-refractivity contribution in [3.63, 3.8) is 0 Å². The number of likely N-dealkylation sites (tertiary alicyclic amines) is 1. The van der Waals surface area contributed by atoms with E-state index in [1.54, 1.807) is 22.4 Å². The zero-order chi connectivity index (χ0) is 13.8. The molecule has 0 aromatic carbocycles. The normalized spacial score (nSPS) is 19.2. The quantitative estimate of drug-likeness (QED) is 0.912. The minimum Gasteiger partial charge on any atom is -0.481 e. The van der Waals surface area contributed by atoms with Crippen LogP contribution in [-0.4, -0.2) is 52.0 Å². The molecular formula is C12H17N3O3S.